The molecule has 5 nitrogen and oxygen atoms in total. The van der Waals surface area contributed by atoms with E-state index in [1.165, 1.54) is 0 Å². The number of aryl methyl sites for hydroxylation is 1. The van der Waals surface area contributed by atoms with Gasteiger partial charge >= 0.3 is 0 Å². The number of nitrogens with zero attached hydrogens (tertiary/aromatic N) is 1. The second-order valence-corrected chi connectivity index (χ2v) is 7.13. The smallest absolute Gasteiger partial charge is 0.260 e. The number of carbonyl (C=O) groups excluding carboxylic acids is 2. The van der Waals surface area contributed by atoms with Gasteiger partial charge in [-0.25, -0.2) is 0 Å². The summed E-state index contributed by atoms with van der Waals surface area (Å²) < 4.78 is 5.52. The molecule has 0 saturated carbocycles. The number of piperidine rings is 1. The van der Waals surface area contributed by atoms with Gasteiger partial charge in [-0.05, 0) is 49.6 Å². The number of ether oxygens (including phenoxy) is 1. The molecule has 0 spiro atoms. The first-order valence-corrected chi connectivity index (χ1v) is 9.43. The Bertz CT molecular complexity index is 817. The zero-order valence-electron chi connectivity index (χ0n) is 15.3. The molecule has 2 aromatic rings. The number of carbonyl (C=O) groups is 2. The maximum atomic E-state index is 12.4. The Morgan fingerprint density at radius 1 is 1.15 bits per heavy atom. The van der Waals surface area contributed by atoms with Crippen molar-refractivity contribution in [2.45, 2.75) is 25.8 Å². The summed E-state index contributed by atoms with van der Waals surface area (Å²) in [4.78, 5) is 26.5. The van der Waals surface area contributed by atoms with Gasteiger partial charge in [0.2, 0.25) is 0 Å². The molecule has 1 N–H and O–H groups in total. The van der Waals surface area contributed by atoms with Crippen LogP contribution in [0.5, 0.6) is 5.75 Å². The second-order valence-electron chi connectivity index (χ2n) is 6.69. The molecule has 0 radical (unpaired) electrons. The molecule has 27 heavy (non-hydrogen) atoms. The van der Waals surface area contributed by atoms with Crippen molar-refractivity contribution >= 4 is 23.4 Å². The summed E-state index contributed by atoms with van der Waals surface area (Å²) in [5, 5.41) is 3.65. The first-order valence-electron chi connectivity index (χ1n) is 9.05. The number of nitrogens with one attached hydrogen (secondary N) is 1. The van der Waals surface area contributed by atoms with Crippen molar-refractivity contribution < 1.29 is 14.3 Å². The molecule has 0 atom stereocenters. The third-order valence-electron chi connectivity index (χ3n) is 4.73. The molecule has 1 saturated heterocycles. The fourth-order valence-electron chi connectivity index (χ4n) is 3.16. The van der Waals surface area contributed by atoms with E-state index < -0.39 is 0 Å². The van der Waals surface area contributed by atoms with Gasteiger partial charge in [0.25, 0.3) is 11.8 Å². The lowest BCUT2D eigenvalue weighted by Crippen LogP contribution is -2.47. The fraction of sp³-hybridized carbons (Fsp3) is 0.333. The first kappa shape index (κ1) is 19.2. The molecule has 1 aliphatic rings. The van der Waals surface area contributed by atoms with Crippen LogP contribution in [0.2, 0.25) is 5.02 Å². The third-order valence-corrected chi connectivity index (χ3v) is 4.97. The van der Waals surface area contributed by atoms with Gasteiger partial charge < -0.3 is 15.0 Å². The third kappa shape index (κ3) is 5.23. The number of hydrogen-bond donors (Lipinski definition) is 1. The van der Waals surface area contributed by atoms with Crippen molar-refractivity contribution in [3.63, 3.8) is 0 Å². The Balaban J connectivity index is 1.45. The largest absolute Gasteiger partial charge is 0.484 e. The average Bonchev–Trinajstić information content (AvgIpc) is 2.67. The molecule has 1 fully saturated rings. The Hall–Kier alpha value is -2.53. The van der Waals surface area contributed by atoms with E-state index in [1.54, 1.807) is 29.2 Å². The van der Waals surface area contributed by atoms with Crippen LogP contribution in [0.25, 0.3) is 0 Å². The average molecular weight is 387 g/mol. The van der Waals surface area contributed by atoms with Crippen LogP contribution >= 0.6 is 11.6 Å². The molecule has 2 aromatic carbocycles. The summed E-state index contributed by atoms with van der Waals surface area (Å²) in [5.74, 6) is 0.469. The molecule has 0 bridgehead atoms. The monoisotopic (exact) mass is 386 g/mol. The molecule has 1 aliphatic heterocycles. The van der Waals surface area contributed by atoms with Crippen LogP contribution in [0.1, 0.15) is 28.8 Å². The molecule has 3 rings (SSSR count). The van der Waals surface area contributed by atoms with Gasteiger partial charge in [-0.1, -0.05) is 35.9 Å². The van der Waals surface area contributed by atoms with Crippen molar-refractivity contribution in [3.8, 4) is 5.75 Å². The lowest BCUT2D eigenvalue weighted by Gasteiger charge is -2.32. The summed E-state index contributed by atoms with van der Waals surface area (Å²) in [6.07, 6.45) is 1.47. The number of hydrogen-bond acceptors (Lipinski definition) is 3. The zero-order valence-corrected chi connectivity index (χ0v) is 16.0. The van der Waals surface area contributed by atoms with Gasteiger partial charge in [-0.2, -0.15) is 0 Å². The van der Waals surface area contributed by atoms with Crippen LogP contribution in [-0.2, 0) is 4.79 Å². The standard InChI is InChI=1S/C21H23ClN2O3/c1-15-5-2-3-8-19(15)21(26)23-17-9-11-24(12-10-17)20(25)14-27-18-7-4-6-16(22)13-18/h2-8,13,17H,9-12,14H2,1H3,(H,23,26). The van der Waals surface area contributed by atoms with Gasteiger partial charge in [0, 0.05) is 29.7 Å². The van der Waals surface area contributed by atoms with Crippen LogP contribution in [0.3, 0.4) is 0 Å². The predicted octanol–water partition coefficient (Wildman–Crippen LogP) is 3.45. The second kappa shape index (κ2) is 8.91. The Morgan fingerprint density at radius 3 is 2.59 bits per heavy atom. The molecule has 6 heteroatoms. The molecule has 1 heterocycles. The maximum Gasteiger partial charge on any atom is 0.260 e. The maximum absolute atomic E-state index is 12.4. The van der Waals surface area contributed by atoms with E-state index in [0.717, 1.165) is 18.4 Å². The van der Waals surface area contributed by atoms with E-state index in [2.05, 4.69) is 5.32 Å². The highest BCUT2D eigenvalue weighted by Crippen LogP contribution is 2.18. The quantitative estimate of drug-likeness (QED) is 0.856. The Kier molecular flexibility index (Phi) is 6.35. The number of halogens is 1. The van der Waals surface area contributed by atoms with Crippen molar-refractivity contribution in [1.29, 1.82) is 0 Å². The van der Waals surface area contributed by atoms with Gasteiger partial charge in [-0.15, -0.1) is 0 Å². The minimum absolute atomic E-state index is 0.0133. The molecular formula is C21H23ClN2O3. The summed E-state index contributed by atoms with van der Waals surface area (Å²) in [7, 11) is 0. The topological polar surface area (TPSA) is 58.6 Å². The van der Waals surface area contributed by atoms with Crippen LogP contribution in [0.4, 0.5) is 0 Å². The molecular weight excluding hydrogens is 364 g/mol. The zero-order chi connectivity index (χ0) is 19.2. The van der Waals surface area contributed by atoms with E-state index in [-0.39, 0.29) is 24.5 Å². The van der Waals surface area contributed by atoms with Crippen molar-refractivity contribution in [3.05, 3.63) is 64.7 Å². The van der Waals surface area contributed by atoms with Crippen LogP contribution in [-0.4, -0.2) is 42.5 Å². The highest BCUT2D eigenvalue weighted by Gasteiger charge is 2.24. The number of likely N-dealkylation sites (tertiary alicyclic amines) is 1. The van der Waals surface area contributed by atoms with Crippen LogP contribution in [0.15, 0.2) is 48.5 Å². The van der Waals surface area contributed by atoms with E-state index in [0.29, 0.717) is 29.4 Å². The van der Waals surface area contributed by atoms with Gasteiger partial charge in [0.15, 0.2) is 6.61 Å². The van der Waals surface area contributed by atoms with E-state index in [4.69, 9.17) is 16.3 Å². The van der Waals surface area contributed by atoms with Crippen molar-refractivity contribution in [2.75, 3.05) is 19.7 Å². The highest BCUT2D eigenvalue weighted by atomic mass is 35.5. The Labute approximate surface area is 164 Å². The lowest BCUT2D eigenvalue weighted by atomic mass is 10.0. The van der Waals surface area contributed by atoms with Crippen LogP contribution in [0, 0.1) is 6.92 Å². The Morgan fingerprint density at radius 2 is 1.89 bits per heavy atom. The predicted molar refractivity (Wildman–Crippen MR) is 105 cm³/mol. The minimum Gasteiger partial charge on any atom is -0.484 e. The molecule has 2 amide bonds. The molecule has 0 aromatic heterocycles. The van der Waals surface area contributed by atoms with Crippen molar-refractivity contribution in [2.24, 2.45) is 0 Å². The summed E-state index contributed by atoms with van der Waals surface area (Å²) in [5.41, 5.74) is 1.66. The van der Waals surface area contributed by atoms with Crippen LogP contribution < -0.4 is 10.1 Å². The lowest BCUT2D eigenvalue weighted by molar-refractivity contribution is -0.134. The van der Waals surface area contributed by atoms with E-state index in [1.807, 2.05) is 31.2 Å². The normalized spacial score (nSPS) is 14.7. The molecule has 0 aliphatic carbocycles. The molecule has 0 unspecified atom stereocenters. The number of benzene rings is 2. The SMILES string of the molecule is Cc1ccccc1C(=O)NC1CCN(C(=O)COc2cccc(Cl)c2)CC1. The van der Waals surface area contributed by atoms with Gasteiger partial charge in [0.1, 0.15) is 5.75 Å². The van der Waals surface area contributed by atoms with E-state index >= 15 is 0 Å². The fourth-order valence-corrected chi connectivity index (χ4v) is 3.34. The van der Waals surface area contributed by atoms with Crippen molar-refractivity contribution in [1.82, 2.24) is 10.2 Å². The van der Waals surface area contributed by atoms with E-state index in [9.17, 15) is 9.59 Å². The summed E-state index contributed by atoms with van der Waals surface area (Å²) in [6.45, 7) is 3.13. The minimum atomic E-state index is -0.0568. The molecule has 142 valence electrons. The summed E-state index contributed by atoms with van der Waals surface area (Å²) >= 11 is 5.91. The van der Waals surface area contributed by atoms with Gasteiger partial charge in [0.05, 0.1) is 0 Å². The highest BCUT2D eigenvalue weighted by molar-refractivity contribution is 6.30. The number of amides is 2. The summed E-state index contributed by atoms with van der Waals surface area (Å²) in [6, 6.07) is 14.6. The number of rotatable bonds is 5. The first-order chi connectivity index (χ1) is 13.0. The van der Waals surface area contributed by atoms with Gasteiger partial charge in [-0.3, -0.25) is 9.59 Å².